The van der Waals surface area contributed by atoms with Crippen molar-refractivity contribution in [2.24, 2.45) is 5.92 Å². The van der Waals surface area contributed by atoms with Crippen molar-refractivity contribution in [3.8, 4) is 5.75 Å². The Balaban J connectivity index is 1.05. The summed E-state index contributed by atoms with van der Waals surface area (Å²) in [4.78, 5) is 63.7. The lowest BCUT2D eigenvalue weighted by Gasteiger charge is -2.37. The van der Waals surface area contributed by atoms with E-state index < -0.39 is 79.1 Å². The second-order valence-corrected chi connectivity index (χ2v) is 21.2. The van der Waals surface area contributed by atoms with Gasteiger partial charge in [-0.2, -0.15) is 0 Å². The Bertz CT molecular complexity index is 2220. The van der Waals surface area contributed by atoms with E-state index in [4.69, 9.17) is 14.5 Å². The molecule has 4 heterocycles. The van der Waals surface area contributed by atoms with Gasteiger partial charge in [-0.05, 0) is 110 Å². The molecule has 9 rings (SSSR count). The van der Waals surface area contributed by atoms with Crippen LogP contribution in [0.15, 0.2) is 30.4 Å². The number of nitrogens with one attached hydrogen (secondary N) is 3. The molecule has 3 aliphatic heterocycles. The van der Waals surface area contributed by atoms with Gasteiger partial charge in [-0.3, -0.25) is 19.1 Å². The zero-order valence-corrected chi connectivity index (χ0v) is 34.9. The number of carbonyl (C=O) groups excluding carboxylic acids is 4. The summed E-state index contributed by atoms with van der Waals surface area (Å²) in [5.74, 6) is -2.00. The molecule has 4 amide bonds. The van der Waals surface area contributed by atoms with E-state index in [0.29, 0.717) is 67.3 Å². The van der Waals surface area contributed by atoms with Crippen LogP contribution >= 0.6 is 0 Å². The number of sulfonamides is 1. The number of allylic oxidation sites excluding steroid dienone is 1. The number of halogens is 1. The van der Waals surface area contributed by atoms with Gasteiger partial charge >= 0.3 is 6.09 Å². The Morgan fingerprint density at radius 2 is 1.75 bits per heavy atom. The van der Waals surface area contributed by atoms with Crippen LogP contribution in [0.5, 0.6) is 5.75 Å². The Morgan fingerprint density at radius 3 is 2.49 bits per heavy atom. The van der Waals surface area contributed by atoms with Gasteiger partial charge in [0.1, 0.15) is 45.9 Å². The number of rotatable bonds is 6. The first-order chi connectivity index (χ1) is 28.1. The summed E-state index contributed by atoms with van der Waals surface area (Å²) in [5.41, 5.74) is -1.36. The summed E-state index contributed by atoms with van der Waals surface area (Å²) in [5, 5.41) is 6.54. The van der Waals surface area contributed by atoms with E-state index in [9.17, 15) is 27.6 Å². The fourth-order valence-electron chi connectivity index (χ4n) is 9.97. The van der Waals surface area contributed by atoms with Crippen molar-refractivity contribution in [3.63, 3.8) is 0 Å². The third-order valence-corrected chi connectivity index (χ3v) is 16.5. The van der Waals surface area contributed by atoms with E-state index in [0.717, 1.165) is 63.4 Å². The number of aromatic nitrogens is 1. The average Bonchev–Trinajstić information content (AvgIpc) is 4.13. The molecule has 2 aromatic rings. The van der Waals surface area contributed by atoms with Gasteiger partial charge in [-0.25, -0.2) is 22.6 Å². The second kappa shape index (κ2) is 14.7. The van der Waals surface area contributed by atoms with Crippen LogP contribution in [-0.2, 0) is 35.6 Å². The van der Waals surface area contributed by atoms with E-state index in [-0.39, 0.29) is 25.3 Å². The first-order valence-electron chi connectivity index (χ1n) is 21.8. The third kappa shape index (κ3) is 7.58. The second-order valence-electron chi connectivity index (χ2n) is 19.0. The minimum absolute atomic E-state index is 0.0227. The predicted molar refractivity (Wildman–Crippen MR) is 216 cm³/mol. The first-order valence-corrected chi connectivity index (χ1v) is 23.3. The van der Waals surface area contributed by atoms with Gasteiger partial charge in [0.25, 0.3) is 5.91 Å². The first kappa shape index (κ1) is 40.2. The van der Waals surface area contributed by atoms with E-state index in [1.54, 1.807) is 13.0 Å². The van der Waals surface area contributed by atoms with Gasteiger partial charge < -0.3 is 25.0 Å². The van der Waals surface area contributed by atoms with Crippen molar-refractivity contribution < 1.29 is 41.5 Å². The summed E-state index contributed by atoms with van der Waals surface area (Å²) in [7, 11) is -4.01. The SMILES string of the molecule is CC1(OC(=O)N[C@H]2CCCCC/C=C\[C@@H]3C[C@@]3(C(=O)NS(=O)(=O)C3(C)CC3)NC(=O)[C@@H]3C[C@]4(CCc5c(c(C6CC6)nc6c(F)cccc56)O4)CN3C2=O)CCCCC1. The van der Waals surface area contributed by atoms with Gasteiger partial charge in [-0.1, -0.05) is 43.5 Å². The molecule has 1 aromatic carbocycles. The molecule has 59 heavy (non-hydrogen) atoms. The minimum Gasteiger partial charge on any atom is -0.483 e. The van der Waals surface area contributed by atoms with E-state index >= 15 is 4.39 Å². The number of alkyl carbamates (subject to hydrolysis) is 1. The van der Waals surface area contributed by atoms with Crippen LogP contribution in [0.2, 0.25) is 0 Å². The molecule has 0 radical (unpaired) electrons. The zero-order chi connectivity index (χ0) is 41.4. The van der Waals surface area contributed by atoms with E-state index in [2.05, 4.69) is 15.4 Å². The number of carbonyl (C=O) groups is 4. The van der Waals surface area contributed by atoms with Gasteiger partial charge in [0, 0.05) is 29.2 Å². The van der Waals surface area contributed by atoms with Crippen molar-refractivity contribution in [1.29, 1.82) is 0 Å². The van der Waals surface area contributed by atoms with Gasteiger partial charge in [0.05, 0.1) is 17.0 Å². The van der Waals surface area contributed by atoms with Gasteiger partial charge in [-0.15, -0.1) is 0 Å². The van der Waals surface area contributed by atoms with Crippen LogP contribution in [0, 0.1) is 11.7 Å². The van der Waals surface area contributed by atoms with E-state index in [1.807, 2.05) is 25.1 Å². The molecule has 13 nitrogen and oxygen atoms in total. The summed E-state index contributed by atoms with van der Waals surface area (Å²) < 4.78 is 56.0. The lowest BCUT2D eigenvalue weighted by atomic mass is 9.86. The summed E-state index contributed by atoms with van der Waals surface area (Å²) in [6, 6.07) is 2.79. The molecule has 5 fully saturated rings. The highest BCUT2D eigenvalue weighted by Gasteiger charge is 2.64. The van der Waals surface area contributed by atoms with Crippen molar-refractivity contribution in [2.45, 2.75) is 169 Å². The molecule has 4 aliphatic carbocycles. The lowest BCUT2D eigenvalue weighted by molar-refractivity contribution is -0.141. The average molecular weight is 834 g/mol. The Kier molecular flexibility index (Phi) is 10.0. The van der Waals surface area contributed by atoms with Crippen molar-refractivity contribution >= 4 is 44.7 Å². The number of pyridine rings is 1. The van der Waals surface area contributed by atoms with Gasteiger partial charge in [0.15, 0.2) is 0 Å². The monoisotopic (exact) mass is 833 g/mol. The van der Waals surface area contributed by atoms with E-state index in [1.165, 1.54) is 11.0 Å². The molecule has 0 unspecified atom stereocenters. The predicted octanol–water partition coefficient (Wildman–Crippen LogP) is 6.13. The molecule has 1 aromatic heterocycles. The molecule has 3 N–H and O–H groups in total. The number of fused-ring (bicyclic) bond motifs is 5. The van der Waals surface area contributed by atoms with Crippen LogP contribution in [0.4, 0.5) is 9.18 Å². The highest BCUT2D eigenvalue weighted by atomic mass is 32.2. The number of para-hydroxylation sites is 1. The standard InChI is InChI=1S/C44H56FN5O8S/c1-41(19-9-6-10-20-41)58-40(54)46-32-15-8-5-3-4-7-12-28-24-44(28,39(53)49-59(55,56)42(2)22-23-42)48-37(51)33-25-43(26-50(33)38(32)52)21-18-30-29-13-11-14-31(45)35(29)47-34(27-16-17-27)36(30)57-43/h7,11-14,27-28,32-33H,3-6,8-10,15-26H2,1-2H3,(H,46,54)(H,48,51)(H,49,53)/b12-7-/t28-,32+,33+,43-,44-/m1/s1. The maximum absolute atomic E-state index is 15.1. The fourth-order valence-corrected chi connectivity index (χ4v) is 11.3. The number of hydrogen-bond acceptors (Lipinski definition) is 9. The number of benzene rings is 1. The lowest BCUT2D eigenvalue weighted by Crippen LogP contribution is -2.58. The Morgan fingerprint density at radius 1 is 0.983 bits per heavy atom. The topological polar surface area (TPSA) is 173 Å². The molecule has 318 valence electrons. The molecular formula is C44H56FN5O8S. The molecule has 1 spiro atoms. The largest absolute Gasteiger partial charge is 0.483 e. The summed E-state index contributed by atoms with van der Waals surface area (Å²) in [6.45, 7) is 3.55. The van der Waals surface area contributed by atoms with Crippen LogP contribution in [0.3, 0.4) is 0 Å². The number of hydrogen-bond donors (Lipinski definition) is 3. The minimum atomic E-state index is -4.01. The Hall–Kier alpha value is -4.27. The molecule has 7 aliphatic rings. The van der Waals surface area contributed by atoms with Crippen LogP contribution in [0.25, 0.3) is 10.9 Å². The van der Waals surface area contributed by atoms with Crippen LogP contribution in [0.1, 0.15) is 140 Å². The third-order valence-electron chi connectivity index (χ3n) is 14.3. The molecule has 5 atom stereocenters. The Labute approximate surface area is 345 Å². The normalized spacial score (nSPS) is 31.9. The van der Waals surface area contributed by atoms with Gasteiger partial charge in [0.2, 0.25) is 21.8 Å². The highest BCUT2D eigenvalue weighted by molar-refractivity contribution is 7.91. The molecule has 0 bridgehead atoms. The van der Waals surface area contributed by atoms with Crippen molar-refractivity contribution in [2.75, 3.05) is 6.54 Å². The smallest absolute Gasteiger partial charge is 0.408 e. The highest BCUT2D eigenvalue weighted by Crippen LogP contribution is 2.52. The molecule has 4 saturated carbocycles. The summed E-state index contributed by atoms with van der Waals surface area (Å²) in [6.07, 6.45) is 14.7. The summed E-state index contributed by atoms with van der Waals surface area (Å²) >= 11 is 0. The number of aryl methyl sites for hydroxylation is 1. The number of amides is 4. The number of nitrogens with zero attached hydrogens (tertiary/aromatic N) is 2. The number of ether oxygens (including phenoxy) is 2. The van der Waals surface area contributed by atoms with Crippen LogP contribution < -0.4 is 20.1 Å². The van der Waals surface area contributed by atoms with Crippen molar-refractivity contribution in [1.82, 2.24) is 25.2 Å². The van der Waals surface area contributed by atoms with Crippen molar-refractivity contribution in [3.05, 3.63) is 47.4 Å². The fraction of sp³-hybridized carbons (Fsp3) is 0.659. The molecule has 1 saturated heterocycles. The quantitative estimate of drug-likeness (QED) is 0.290. The zero-order valence-electron chi connectivity index (χ0n) is 34.1. The maximum Gasteiger partial charge on any atom is 0.408 e. The molecular weight excluding hydrogens is 778 g/mol. The maximum atomic E-state index is 15.1. The molecule has 15 heteroatoms. The van der Waals surface area contributed by atoms with Crippen LogP contribution in [-0.4, -0.2) is 82.2 Å².